The number of hydrogen-bond acceptors (Lipinski definition) is 3. The van der Waals surface area contributed by atoms with Gasteiger partial charge in [0.25, 0.3) is 0 Å². The van der Waals surface area contributed by atoms with Crippen LogP contribution in [-0.2, 0) is 11.2 Å². The van der Waals surface area contributed by atoms with E-state index in [1.807, 2.05) is 6.07 Å². The molecule has 0 saturated heterocycles. The molecule has 0 aliphatic rings. The summed E-state index contributed by atoms with van der Waals surface area (Å²) in [7, 11) is 0. The number of benzene rings is 2. The van der Waals surface area contributed by atoms with Crippen molar-refractivity contribution in [3.8, 4) is 0 Å². The summed E-state index contributed by atoms with van der Waals surface area (Å²) in [5, 5.41) is 2.72. The van der Waals surface area contributed by atoms with E-state index < -0.39 is 5.91 Å². The molecule has 5 nitrogen and oxygen atoms in total. The van der Waals surface area contributed by atoms with Crippen LogP contribution >= 0.6 is 0 Å². The van der Waals surface area contributed by atoms with Crippen molar-refractivity contribution in [3.63, 3.8) is 0 Å². The molecule has 5 heteroatoms. The molecule has 0 fully saturated rings. The van der Waals surface area contributed by atoms with Gasteiger partial charge in [-0.1, -0.05) is 18.2 Å². The van der Waals surface area contributed by atoms with E-state index in [0.717, 1.165) is 5.56 Å². The smallest absolute Gasteiger partial charge is 0.248 e. The molecule has 102 valence electrons. The molecule has 20 heavy (non-hydrogen) atoms. The molecule has 0 aromatic heterocycles. The second kappa shape index (κ2) is 5.88. The van der Waals surface area contributed by atoms with Crippen molar-refractivity contribution in [2.45, 2.75) is 6.42 Å². The lowest BCUT2D eigenvalue weighted by Gasteiger charge is -2.07. The number of anilines is 2. The van der Waals surface area contributed by atoms with Crippen molar-refractivity contribution >= 4 is 23.2 Å². The number of rotatable bonds is 4. The Kier molecular flexibility index (Phi) is 4.00. The van der Waals surface area contributed by atoms with Crippen LogP contribution in [0.25, 0.3) is 0 Å². The van der Waals surface area contributed by atoms with Crippen LogP contribution in [0, 0.1) is 0 Å². The van der Waals surface area contributed by atoms with Gasteiger partial charge in [0.2, 0.25) is 11.8 Å². The fourth-order valence-corrected chi connectivity index (χ4v) is 1.84. The maximum atomic E-state index is 11.9. The maximum absolute atomic E-state index is 11.9. The summed E-state index contributed by atoms with van der Waals surface area (Å²) < 4.78 is 0. The first-order valence-electron chi connectivity index (χ1n) is 6.09. The molecule has 2 aromatic rings. The molecule has 5 N–H and O–H groups in total. The lowest BCUT2D eigenvalue weighted by molar-refractivity contribution is -0.115. The van der Waals surface area contributed by atoms with Crippen molar-refractivity contribution in [3.05, 3.63) is 59.7 Å². The maximum Gasteiger partial charge on any atom is 0.248 e. The Morgan fingerprint density at radius 1 is 1.05 bits per heavy atom. The molecule has 2 amide bonds. The van der Waals surface area contributed by atoms with Gasteiger partial charge in [0, 0.05) is 16.9 Å². The third-order valence-electron chi connectivity index (χ3n) is 2.75. The third kappa shape index (κ3) is 3.58. The molecule has 0 unspecified atom stereocenters. The zero-order valence-electron chi connectivity index (χ0n) is 10.8. The Balaban J connectivity index is 2.04. The van der Waals surface area contributed by atoms with Gasteiger partial charge in [-0.15, -0.1) is 0 Å². The SMILES string of the molecule is NC(=O)c1cccc(NC(=O)Cc2cccc(N)c2)c1. The molecule has 0 heterocycles. The van der Waals surface area contributed by atoms with Crippen molar-refractivity contribution < 1.29 is 9.59 Å². The van der Waals surface area contributed by atoms with Crippen molar-refractivity contribution in [1.82, 2.24) is 0 Å². The Bertz CT molecular complexity index is 653. The van der Waals surface area contributed by atoms with Gasteiger partial charge in [-0.3, -0.25) is 9.59 Å². The molecular formula is C15H15N3O2. The topological polar surface area (TPSA) is 98.2 Å². The molecule has 0 aliphatic carbocycles. The monoisotopic (exact) mass is 269 g/mol. The van der Waals surface area contributed by atoms with E-state index in [4.69, 9.17) is 11.5 Å². The van der Waals surface area contributed by atoms with E-state index in [-0.39, 0.29) is 12.3 Å². The van der Waals surface area contributed by atoms with E-state index in [2.05, 4.69) is 5.32 Å². The lowest BCUT2D eigenvalue weighted by atomic mass is 10.1. The first kappa shape index (κ1) is 13.6. The van der Waals surface area contributed by atoms with Crippen LogP contribution in [0.2, 0.25) is 0 Å². The predicted octanol–water partition coefficient (Wildman–Crippen LogP) is 1.55. The molecule has 0 radical (unpaired) electrons. The molecule has 2 rings (SSSR count). The lowest BCUT2D eigenvalue weighted by Crippen LogP contribution is -2.16. The first-order valence-corrected chi connectivity index (χ1v) is 6.09. The highest BCUT2D eigenvalue weighted by atomic mass is 16.2. The number of nitrogens with two attached hydrogens (primary N) is 2. The minimum Gasteiger partial charge on any atom is -0.399 e. The van der Waals surface area contributed by atoms with E-state index in [0.29, 0.717) is 16.9 Å². The number of hydrogen-bond donors (Lipinski definition) is 3. The molecule has 0 atom stereocenters. The summed E-state index contributed by atoms with van der Waals surface area (Å²) in [5.74, 6) is -0.714. The highest BCUT2D eigenvalue weighted by Gasteiger charge is 2.06. The first-order chi connectivity index (χ1) is 9.54. The molecule has 0 saturated carbocycles. The molecule has 0 spiro atoms. The highest BCUT2D eigenvalue weighted by molar-refractivity contribution is 5.96. The minimum atomic E-state index is -0.531. The number of amides is 2. The predicted molar refractivity (Wildman–Crippen MR) is 78.1 cm³/mol. The van der Waals surface area contributed by atoms with Crippen LogP contribution < -0.4 is 16.8 Å². The third-order valence-corrected chi connectivity index (χ3v) is 2.75. The molecule has 0 bridgehead atoms. The van der Waals surface area contributed by atoms with Gasteiger partial charge >= 0.3 is 0 Å². The van der Waals surface area contributed by atoms with Gasteiger partial charge in [0.1, 0.15) is 0 Å². The average molecular weight is 269 g/mol. The Hall–Kier alpha value is -2.82. The summed E-state index contributed by atoms with van der Waals surface area (Å²) in [6, 6.07) is 13.6. The molecule has 2 aromatic carbocycles. The van der Waals surface area contributed by atoms with Crippen LogP contribution in [-0.4, -0.2) is 11.8 Å². The van der Waals surface area contributed by atoms with E-state index >= 15 is 0 Å². The number of nitrogen functional groups attached to an aromatic ring is 1. The van der Waals surface area contributed by atoms with Gasteiger partial charge in [0.15, 0.2) is 0 Å². The van der Waals surface area contributed by atoms with Gasteiger partial charge in [-0.05, 0) is 35.9 Å². The highest BCUT2D eigenvalue weighted by Crippen LogP contribution is 2.12. The Morgan fingerprint density at radius 3 is 2.50 bits per heavy atom. The summed E-state index contributed by atoms with van der Waals surface area (Å²) in [5.41, 5.74) is 13.2. The zero-order valence-corrected chi connectivity index (χ0v) is 10.8. The molecule has 0 aliphatic heterocycles. The van der Waals surface area contributed by atoms with Crippen LogP contribution in [0.3, 0.4) is 0 Å². The van der Waals surface area contributed by atoms with Crippen LogP contribution in [0.4, 0.5) is 11.4 Å². The Labute approximate surface area is 116 Å². The summed E-state index contributed by atoms with van der Waals surface area (Å²) in [6.07, 6.45) is 0.214. The summed E-state index contributed by atoms with van der Waals surface area (Å²) >= 11 is 0. The number of nitrogens with one attached hydrogen (secondary N) is 1. The van der Waals surface area contributed by atoms with Gasteiger partial charge < -0.3 is 16.8 Å². The Morgan fingerprint density at radius 2 is 1.80 bits per heavy atom. The van der Waals surface area contributed by atoms with Crippen LogP contribution in [0.1, 0.15) is 15.9 Å². The molecular weight excluding hydrogens is 254 g/mol. The standard InChI is InChI=1S/C15H15N3O2/c16-12-5-1-3-10(7-12)8-14(19)18-13-6-2-4-11(9-13)15(17)20/h1-7,9H,8,16H2,(H2,17,20)(H,18,19). The quantitative estimate of drug-likeness (QED) is 0.734. The van der Waals surface area contributed by atoms with Crippen molar-refractivity contribution in [2.24, 2.45) is 5.73 Å². The van der Waals surface area contributed by atoms with E-state index in [1.165, 1.54) is 0 Å². The number of carbonyl (C=O) groups is 2. The second-order valence-electron chi connectivity index (χ2n) is 4.42. The van der Waals surface area contributed by atoms with Crippen molar-refractivity contribution in [2.75, 3.05) is 11.1 Å². The van der Waals surface area contributed by atoms with Gasteiger partial charge in [-0.25, -0.2) is 0 Å². The van der Waals surface area contributed by atoms with Crippen molar-refractivity contribution in [1.29, 1.82) is 0 Å². The number of carbonyl (C=O) groups excluding carboxylic acids is 2. The zero-order chi connectivity index (χ0) is 14.5. The van der Waals surface area contributed by atoms with E-state index in [9.17, 15) is 9.59 Å². The van der Waals surface area contributed by atoms with E-state index in [1.54, 1.807) is 42.5 Å². The fraction of sp³-hybridized carbons (Fsp3) is 0.0667. The largest absolute Gasteiger partial charge is 0.399 e. The number of primary amides is 1. The fourth-order valence-electron chi connectivity index (χ4n) is 1.84. The second-order valence-corrected chi connectivity index (χ2v) is 4.42. The van der Waals surface area contributed by atoms with Gasteiger partial charge in [-0.2, -0.15) is 0 Å². The normalized spacial score (nSPS) is 10.0. The van der Waals surface area contributed by atoms with Crippen LogP contribution in [0.15, 0.2) is 48.5 Å². The van der Waals surface area contributed by atoms with Gasteiger partial charge in [0.05, 0.1) is 6.42 Å². The van der Waals surface area contributed by atoms with Crippen LogP contribution in [0.5, 0.6) is 0 Å². The average Bonchev–Trinajstić information content (AvgIpc) is 2.38. The minimum absolute atomic E-state index is 0.183. The summed E-state index contributed by atoms with van der Waals surface area (Å²) in [6.45, 7) is 0. The summed E-state index contributed by atoms with van der Waals surface area (Å²) in [4.78, 5) is 23.0.